The van der Waals surface area contributed by atoms with Gasteiger partial charge in [-0.3, -0.25) is 10.1 Å². The van der Waals surface area contributed by atoms with Gasteiger partial charge in [0, 0.05) is 13.1 Å². The molecule has 0 spiro atoms. The molecule has 1 aromatic rings. The Morgan fingerprint density at radius 3 is 2.72 bits per heavy atom. The Morgan fingerprint density at radius 2 is 2.11 bits per heavy atom. The fourth-order valence-electron chi connectivity index (χ4n) is 2.31. The molecule has 1 atom stereocenters. The van der Waals surface area contributed by atoms with Crippen LogP contribution in [-0.2, 0) is 4.79 Å². The lowest BCUT2D eigenvalue weighted by Gasteiger charge is -2.21. The molecule has 1 amide bonds. The second-order valence-corrected chi connectivity index (χ2v) is 4.91. The van der Waals surface area contributed by atoms with Crippen molar-refractivity contribution in [2.45, 2.75) is 38.6 Å². The average Bonchev–Trinajstić information content (AvgIpc) is 2.78. The number of amides is 1. The molecule has 0 unspecified atom stereocenters. The third-order valence-electron chi connectivity index (χ3n) is 3.49. The van der Waals surface area contributed by atoms with Crippen molar-refractivity contribution < 1.29 is 9.21 Å². The van der Waals surface area contributed by atoms with Gasteiger partial charge < -0.3 is 9.32 Å². The quantitative estimate of drug-likeness (QED) is 0.892. The normalized spacial score (nSPS) is 18.4. The van der Waals surface area contributed by atoms with Gasteiger partial charge in [0.2, 0.25) is 5.91 Å². The number of hydrogen-bond acceptors (Lipinski definition) is 3. The molecule has 1 saturated heterocycles. The van der Waals surface area contributed by atoms with Crippen LogP contribution in [0.3, 0.4) is 0 Å². The highest BCUT2D eigenvalue weighted by Crippen LogP contribution is 2.13. The standard InChI is InChI=1S/C14H22N2O2/c1-12(13-7-6-10-18-13)15-11-14(17)16-8-4-2-3-5-9-16/h6-7,10,12,15H,2-5,8-9,11H2,1H3/t12-/m1/s1. The smallest absolute Gasteiger partial charge is 0.236 e. The van der Waals surface area contributed by atoms with E-state index >= 15 is 0 Å². The molecule has 2 heterocycles. The van der Waals surface area contributed by atoms with Crippen molar-refractivity contribution in [2.24, 2.45) is 0 Å². The summed E-state index contributed by atoms with van der Waals surface area (Å²) in [7, 11) is 0. The van der Waals surface area contributed by atoms with Crippen molar-refractivity contribution in [2.75, 3.05) is 19.6 Å². The number of rotatable bonds is 4. The predicted octanol–water partition coefficient (Wildman–Crippen LogP) is 2.33. The summed E-state index contributed by atoms with van der Waals surface area (Å²) in [5, 5.41) is 3.22. The summed E-state index contributed by atoms with van der Waals surface area (Å²) < 4.78 is 5.31. The van der Waals surface area contributed by atoms with E-state index in [-0.39, 0.29) is 11.9 Å². The van der Waals surface area contributed by atoms with E-state index in [1.165, 1.54) is 12.8 Å². The molecule has 0 radical (unpaired) electrons. The highest BCUT2D eigenvalue weighted by atomic mass is 16.3. The van der Waals surface area contributed by atoms with Crippen LogP contribution in [0.4, 0.5) is 0 Å². The lowest BCUT2D eigenvalue weighted by molar-refractivity contribution is -0.130. The third-order valence-corrected chi connectivity index (χ3v) is 3.49. The van der Waals surface area contributed by atoms with Gasteiger partial charge in [0.05, 0.1) is 18.8 Å². The van der Waals surface area contributed by atoms with Crippen molar-refractivity contribution in [1.29, 1.82) is 0 Å². The molecule has 0 aliphatic carbocycles. The first-order valence-corrected chi connectivity index (χ1v) is 6.82. The maximum atomic E-state index is 12.1. The molecular formula is C14H22N2O2. The molecule has 1 fully saturated rings. The molecule has 4 nitrogen and oxygen atoms in total. The highest BCUT2D eigenvalue weighted by Gasteiger charge is 2.16. The first-order chi connectivity index (χ1) is 8.77. The summed E-state index contributed by atoms with van der Waals surface area (Å²) in [6.45, 7) is 4.22. The van der Waals surface area contributed by atoms with Gasteiger partial charge in [-0.05, 0) is 31.9 Å². The van der Waals surface area contributed by atoms with Gasteiger partial charge in [-0.15, -0.1) is 0 Å². The maximum absolute atomic E-state index is 12.1. The first kappa shape index (κ1) is 13.1. The second kappa shape index (κ2) is 6.59. The molecule has 100 valence electrons. The fraction of sp³-hybridized carbons (Fsp3) is 0.643. The molecule has 1 aromatic heterocycles. The molecule has 1 aliphatic rings. The van der Waals surface area contributed by atoms with Crippen LogP contribution in [0, 0.1) is 0 Å². The Labute approximate surface area is 108 Å². The van der Waals surface area contributed by atoms with Gasteiger partial charge in [0.15, 0.2) is 0 Å². The van der Waals surface area contributed by atoms with Crippen LogP contribution in [0.25, 0.3) is 0 Å². The summed E-state index contributed by atoms with van der Waals surface area (Å²) in [4.78, 5) is 14.0. The Morgan fingerprint density at radius 1 is 1.39 bits per heavy atom. The van der Waals surface area contributed by atoms with Crippen LogP contribution >= 0.6 is 0 Å². The zero-order chi connectivity index (χ0) is 12.8. The Kier molecular flexibility index (Phi) is 4.81. The third kappa shape index (κ3) is 3.60. The van der Waals surface area contributed by atoms with Crippen LogP contribution in [0.5, 0.6) is 0 Å². The van der Waals surface area contributed by atoms with Crippen molar-refractivity contribution in [1.82, 2.24) is 10.2 Å². The Bertz CT molecular complexity index is 354. The van der Waals surface area contributed by atoms with Crippen molar-refractivity contribution in [3.8, 4) is 0 Å². The topological polar surface area (TPSA) is 45.5 Å². The van der Waals surface area contributed by atoms with E-state index in [1.54, 1.807) is 6.26 Å². The molecule has 0 aromatic carbocycles. The van der Waals surface area contributed by atoms with Crippen molar-refractivity contribution in [3.05, 3.63) is 24.2 Å². The molecule has 1 N–H and O–H groups in total. The SMILES string of the molecule is C[C@@H](NCC(=O)N1CCCCCC1)c1ccco1. The molecule has 1 aliphatic heterocycles. The summed E-state index contributed by atoms with van der Waals surface area (Å²) in [6, 6.07) is 3.87. The fourth-order valence-corrected chi connectivity index (χ4v) is 2.31. The van der Waals surface area contributed by atoms with Crippen LogP contribution in [0.2, 0.25) is 0 Å². The maximum Gasteiger partial charge on any atom is 0.236 e. The average molecular weight is 250 g/mol. The van der Waals surface area contributed by atoms with E-state index < -0.39 is 0 Å². The number of furan rings is 1. The minimum Gasteiger partial charge on any atom is -0.468 e. The van der Waals surface area contributed by atoms with Crippen LogP contribution in [0.1, 0.15) is 44.4 Å². The van der Waals surface area contributed by atoms with Crippen LogP contribution in [0.15, 0.2) is 22.8 Å². The molecule has 18 heavy (non-hydrogen) atoms. The van der Waals surface area contributed by atoms with E-state index in [0.29, 0.717) is 6.54 Å². The first-order valence-electron chi connectivity index (χ1n) is 6.82. The number of carbonyl (C=O) groups is 1. The van der Waals surface area contributed by atoms with Gasteiger partial charge in [-0.1, -0.05) is 12.8 Å². The number of hydrogen-bond donors (Lipinski definition) is 1. The van der Waals surface area contributed by atoms with Gasteiger partial charge in [0.1, 0.15) is 5.76 Å². The summed E-state index contributed by atoms with van der Waals surface area (Å²) in [6.07, 6.45) is 6.43. The zero-order valence-corrected chi connectivity index (χ0v) is 11.0. The zero-order valence-electron chi connectivity index (χ0n) is 11.0. The minimum absolute atomic E-state index is 0.0796. The van der Waals surface area contributed by atoms with E-state index in [2.05, 4.69) is 5.32 Å². The molecule has 0 saturated carbocycles. The van der Waals surface area contributed by atoms with Gasteiger partial charge in [-0.2, -0.15) is 0 Å². The monoisotopic (exact) mass is 250 g/mol. The Hall–Kier alpha value is -1.29. The largest absolute Gasteiger partial charge is 0.468 e. The van der Waals surface area contributed by atoms with Crippen LogP contribution in [-0.4, -0.2) is 30.4 Å². The molecule has 0 bridgehead atoms. The number of carbonyl (C=O) groups excluding carboxylic acids is 1. The second-order valence-electron chi connectivity index (χ2n) is 4.91. The molecule has 2 rings (SSSR count). The lowest BCUT2D eigenvalue weighted by atomic mass is 10.2. The lowest BCUT2D eigenvalue weighted by Crippen LogP contribution is -2.39. The number of nitrogens with one attached hydrogen (secondary N) is 1. The van der Waals surface area contributed by atoms with Gasteiger partial charge in [0.25, 0.3) is 0 Å². The van der Waals surface area contributed by atoms with Crippen LogP contribution < -0.4 is 5.32 Å². The van der Waals surface area contributed by atoms with Gasteiger partial charge in [-0.25, -0.2) is 0 Å². The van der Waals surface area contributed by atoms with Gasteiger partial charge >= 0.3 is 0 Å². The van der Waals surface area contributed by atoms with E-state index in [0.717, 1.165) is 31.7 Å². The van der Waals surface area contributed by atoms with Crippen molar-refractivity contribution >= 4 is 5.91 Å². The Balaban J connectivity index is 1.77. The summed E-state index contributed by atoms with van der Waals surface area (Å²) >= 11 is 0. The molecular weight excluding hydrogens is 228 g/mol. The minimum atomic E-state index is 0.0796. The van der Waals surface area contributed by atoms with E-state index in [1.807, 2.05) is 24.0 Å². The highest BCUT2D eigenvalue weighted by molar-refractivity contribution is 5.78. The summed E-state index contributed by atoms with van der Waals surface area (Å²) in [5.74, 6) is 1.08. The van der Waals surface area contributed by atoms with E-state index in [4.69, 9.17) is 4.42 Å². The van der Waals surface area contributed by atoms with E-state index in [9.17, 15) is 4.79 Å². The summed E-state index contributed by atoms with van der Waals surface area (Å²) in [5.41, 5.74) is 0. The predicted molar refractivity (Wildman–Crippen MR) is 70.2 cm³/mol. The molecule has 4 heteroatoms. The number of likely N-dealkylation sites (tertiary alicyclic amines) is 1. The van der Waals surface area contributed by atoms with Crippen molar-refractivity contribution in [3.63, 3.8) is 0 Å². The number of nitrogens with zero attached hydrogens (tertiary/aromatic N) is 1.